The number of amides is 1. The summed E-state index contributed by atoms with van der Waals surface area (Å²) in [6.07, 6.45) is 3.91. The second-order valence-corrected chi connectivity index (χ2v) is 7.43. The summed E-state index contributed by atoms with van der Waals surface area (Å²) in [5, 5.41) is 2.61. The Bertz CT molecular complexity index is 619. The molecule has 2 atom stereocenters. The lowest BCUT2D eigenvalue weighted by molar-refractivity contribution is -0.114. The third kappa shape index (κ3) is 5.46. The number of benzene rings is 1. The van der Waals surface area contributed by atoms with Gasteiger partial charge in [0.1, 0.15) is 0 Å². The van der Waals surface area contributed by atoms with E-state index in [-0.39, 0.29) is 35.2 Å². The first-order valence-corrected chi connectivity index (χ1v) is 9.01. The van der Waals surface area contributed by atoms with Crippen molar-refractivity contribution >= 4 is 34.0 Å². The summed E-state index contributed by atoms with van der Waals surface area (Å²) >= 11 is 0. The van der Waals surface area contributed by atoms with E-state index < -0.39 is 10.0 Å². The van der Waals surface area contributed by atoms with Crippen LogP contribution in [0.2, 0.25) is 0 Å². The Labute approximate surface area is 143 Å². The van der Waals surface area contributed by atoms with Gasteiger partial charge in [-0.1, -0.05) is 12.8 Å². The highest BCUT2D eigenvalue weighted by molar-refractivity contribution is 7.89. The molecule has 0 aromatic heterocycles. The molecule has 1 aliphatic rings. The zero-order valence-electron chi connectivity index (χ0n) is 13.1. The topological polar surface area (TPSA) is 101 Å². The highest BCUT2D eigenvalue weighted by Gasteiger charge is 2.28. The molecule has 23 heavy (non-hydrogen) atoms. The Kier molecular flexibility index (Phi) is 7.47. The average Bonchev–Trinajstić information content (AvgIpc) is 2.47. The molecule has 0 spiro atoms. The Morgan fingerprint density at radius 1 is 1.22 bits per heavy atom. The number of sulfonamides is 1. The number of nitrogens with two attached hydrogens (primary N) is 1. The minimum Gasteiger partial charge on any atom is -0.330 e. The van der Waals surface area contributed by atoms with Crippen LogP contribution in [0, 0.1) is 5.92 Å². The molecule has 2 rings (SSSR count). The zero-order valence-corrected chi connectivity index (χ0v) is 14.8. The van der Waals surface area contributed by atoms with Gasteiger partial charge in [0.2, 0.25) is 15.9 Å². The van der Waals surface area contributed by atoms with Crippen LogP contribution in [0.3, 0.4) is 0 Å². The largest absolute Gasteiger partial charge is 0.330 e. The molecule has 1 fully saturated rings. The average molecular weight is 362 g/mol. The van der Waals surface area contributed by atoms with Crippen molar-refractivity contribution in [3.63, 3.8) is 0 Å². The number of anilines is 1. The van der Waals surface area contributed by atoms with Crippen molar-refractivity contribution < 1.29 is 13.2 Å². The van der Waals surface area contributed by atoms with Crippen molar-refractivity contribution in [3.8, 4) is 0 Å². The second-order valence-electron chi connectivity index (χ2n) is 5.71. The molecule has 0 radical (unpaired) electrons. The Morgan fingerprint density at radius 3 is 2.39 bits per heavy atom. The third-order valence-corrected chi connectivity index (χ3v) is 5.51. The van der Waals surface area contributed by atoms with Crippen LogP contribution in [0.1, 0.15) is 32.6 Å². The van der Waals surface area contributed by atoms with Crippen molar-refractivity contribution in [2.24, 2.45) is 11.7 Å². The number of carbonyl (C=O) groups is 1. The van der Waals surface area contributed by atoms with E-state index in [4.69, 9.17) is 5.73 Å². The van der Waals surface area contributed by atoms with Gasteiger partial charge in [0, 0.05) is 18.7 Å². The maximum atomic E-state index is 12.5. The minimum atomic E-state index is -3.57. The minimum absolute atomic E-state index is 0. The molecule has 0 aliphatic heterocycles. The molecule has 2 unspecified atom stereocenters. The summed E-state index contributed by atoms with van der Waals surface area (Å²) in [6.45, 7) is 1.90. The summed E-state index contributed by atoms with van der Waals surface area (Å²) in [7, 11) is -3.57. The SMILES string of the molecule is CC(=O)Nc1ccc(S(=O)(=O)NC2CCCCC2CN)cc1.Cl. The monoisotopic (exact) mass is 361 g/mol. The fourth-order valence-corrected chi connectivity index (χ4v) is 4.17. The molecule has 1 aromatic carbocycles. The number of carbonyl (C=O) groups excluding carboxylic acids is 1. The fourth-order valence-electron chi connectivity index (χ4n) is 2.83. The Hall–Kier alpha value is -1.15. The van der Waals surface area contributed by atoms with Gasteiger partial charge >= 0.3 is 0 Å². The van der Waals surface area contributed by atoms with E-state index in [2.05, 4.69) is 10.0 Å². The van der Waals surface area contributed by atoms with Gasteiger partial charge in [0.05, 0.1) is 4.90 Å². The number of hydrogen-bond acceptors (Lipinski definition) is 4. The van der Waals surface area contributed by atoms with Crippen molar-refractivity contribution in [2.75, 3.05) is 11.9 Å². The van der Waals surface area contributed by atoms with E-state index in [1.54, 1.807) is 12.1 Å². The maximum Gasteiger partial charge on any atom is 0.240 e. The van der Waals surface area contributed by atoms with Gasteiger partial charge in [-0.3, -0.25) is 4.79 Å². The van der Waals surface area contributed by atoms with Crippen molar-refractivity contribution in [1.82, 2.24) is 4.72 Å². The molecule has 1 saturated carbocycles. The van der Waals surface area contributed by atoms with E-state index in [1.807, 2.05) is 0 Å². The fraction of sp³-hybridized carbons (Fsp3) is 0.533. The lowest BCUT2D eigenvalue weighted by Crippen LogP contribution is -2.44. The van der Waals surface area contributed by atoms with Gasteiger partial charge in [0.15, 0.2) is 0 Å². The molecule has 1 amide bonds. The maximum absolute atomic E-state index is 12.5. The molecule has 0 bridgehead atoms. The lowest BCUT2D eigenvalue weighted by Gasteiger charge is -2.31. The van der Waals surface area contributed by atoms with E-state index in [0.29, 0.717) is 12.2 Å². The molecular formula is C15H24ClN3O3S. The highest BCUT2D eigenvalue weighted by atomic mass is 35.5. The summed E-state index contributed by atoms with van der Waals surface area (Å²) in [5.41, 5.74) is 6.32. The standard InChI is InChI=1S/C15H23N3O3S.ClH/c1-11(19)17-13-6-8-14(9-7-13)22(20,21)18-15-5-3-2-4-12(15)10-16;/h6-9,12,15,18H,2-5,10,16H2,1H3,(H,17,19);1H. The van der Waals surface area contributed by atoms with Crippen LogP contribution in [0.5, 0.6) is 0 Å². The molecule has 130 valence electrons. The van der Waals surface area contributed by atoms with E-state index >= 15 is 0 Å². The van der Waals surface area contributed by atoms with Gasteiger partial charge in [-0.15, -0.1) is 12.4 Å². The van der Waals surface area contributed by atoms with Gasteiger partial charge in [0.25, 0.3) is 0 Å². The van der Waals surface area contributed by atoms with Gasteiger partial charge in [-0.2, -0.15) is 0 Å². The van der Waals surface area contributed by atoms with E-state index in [0.717, 1.165) is 25.7 Å². The van der Waals surface area contributed by atoms with Gasteiger partial charge in [-0.05, 0) is 49.6 Å². The predicted octanol–water partition coefficient (Wildman–Crippen LogP) is 1.86. The molecule has 1 aromatic rings. The van der Waals surface area contributed by atoms with Crippen LogP contribution in [0.15, 0.2) is 29.2 Å². The first-order valence-electron chi connectivity index (χ1n) is 7.52. The van der Waals surface area contributed by atoms with Gasteiger partial charge < -0.3 is 11.1 Å². The van der Waals surface area contributed by atoms with Crippen LogP contribution < -0.4 is 15.8 Å². The number of rotatable bonds is 5. The van der Waals surface area contributed by atoms with Crippen LogP contribution in [-0.4, -0.2) is 26.9 Å². The van der Waals surface area contributed by atoms with Crippen LogP contribution in [0.25, 0.3) is 0 Å². The molecule has 4 N–H and O–H groups in total. The number of nitrogens with one attached hydrogen (secondary N) is 2. The Morgan fingerprint density at radius 2 is 1.83 bits per heavy atom. The van der Waals surface area contributed by atoms with Gasteiger partial charge in [-0.25, -0.2) is 13.1 Å². The summed E-state index contributed by atoms with van der Waals surface area (Å²) in [6, 6.07) is 6.05. The highest BCUT2D eigenvalue weighted by Crippen LogP contribution is 2.25. The number of halogens is 1. The smallest absolute Gasteiger partial charge is 0.240 e. The zero-order chi connectivity index (χ0) is 16.2. The first-order chi connectivity index (χ1) is 10.4. The Balaban J connectivity index is 0.00000264. The molecule has 0 saturated heterocycles. The summed E-state index contributed by atoms with van der Waals surface area (Å²) in [4.78, 5) is 11.2. The van der Waals surface area contributed by atoms with Crippen molar-refractivity contribution in [1.29, 1.82) is 0 Å². The van der Waals surface area contributed by atoms with Crippen molar-refractivity contribution in [3.05, 3.63) is 24.3 Å². The quantitative estimate of drug-likeness (QED) is 0.745. The molecule has 1 aliphatic carbocycles. The molecule has 6 nitrogen and oxygen atoms in total. The predicted molar refractivity (Wildman–Crippen MR) is 93.1 cm³/mol. The summed E-state index contributed by atoms with van der Waals surface area (Å²) in [5.74, 6) is 0.00361. The van der Waals surface area contributed by atoms with E-state index in [9.17, 15) is 13.2 Å². The normalized spacial score (nSPS) is 21.3. The van der Waals surface area contributed by atoms with Crippen LogP contribution in [0.4, 0.5) is 5.69 Å². The van der Waals surface area contributed by atoms with E-state index in [1.165, 1.54) is 19.1 Å². The first kappa shape index (κ1) is 19.9. The van der Waals surface area contributed by atoms with Crippen LogP contribution >= 0.6 is 12.4 Å². The third-order valence-electron chi connectivity index (χ3n) is 4.00. The van der Waals surface area contributed by atoms with Crippen molar-refractivity contribution in [2.45, 2.75) is 43.5 Å². The molecule has 0 heterocycles. The lowest BCUT2D eigenvalue weighted by atomic mass is 9.85. The van der Waals surface area contributed by atoms with Crippen LogP contribution in [-0.2, 0) is 14.8 Å². The molecular weight excluding hydrogens is 338 g/mol. The number of hydrogen-bond donors (Lipinski definition) is 3. The summed E-state index contributed by atoms with van der Waals surface area (Å²) < 4.78 is 27.7. The second kappa shape index (κ2) is 8.63. The molecule has 8 heteroatoms.